The first-order chi connectivity index (χ1) is 23.0. The monoisotopic (exact) mass is 707 g/mol. The van der Waals surface area contributed by atoms with Crippen LogP contribution >= 0.6 is 0 Å². The molecule has 0 radical (unpaired) electrons. The van der Waals surface area contributed by atoms with Gasteiger partial charge in [0.2, 0.25) is 35.4 Å². The highest BCUT2D eigenvalue weighted by atomic mass is 16.5. The van der Waals surface area contributed by atoms with Crippen molar-refractivity contribution in [1.29, 1.82) is 0 Å². The molecule has 278 valence electrons. The maximum atomic E-state index is 12.2. The second kappa shape index (κ2) is 25.1. The minimum Gasteiger partial charge on any atom is -0.481 e. The first kappa shape index (κ1) is 44.1. The molecule has 0 rings (SSSR count). The fraction of sp³-hybridized carbons (Fsp3) is 0.667. The van der Waals surface area contributed by atoms with Gasteiger partial charge in [-0.25, -0.2) is 15.2 Å². The maximum Gasteiger partial charge on any atom is 0.303 e. The van der Waals surface area contributed by atoms with Gasteiger partial charge in [-0.05, 0) is 0 Å². The zero-order valence-corrected chi connectivity index (χ0v) is 26.9. The first-order valence-corrected chi connectivity index (χ1v) is 15.2. The summed E-state index contributed by atoms with van der Waals surface area (Å²) in [7, 11) is 0. The van der Waals surface area contributed by atoms with Crippen molar-refractivity contribution in [3.8, 4) is 0 Å². The molecule has 0 saturated heterocycles. The van der Waals surface area contributed by atoms with Crippen molar-refractivity contribution < 1.29 is 74.1 Å². The van der Waals surface area contributed by atoms with Crippen LogP contribution in [0.2, 0.25) is 0 Å². The fourth-order valence-electron chi connectivity index (χ4n) is 3.69. The second-order valence-corrected chi connectivity index (χ2v) is 10.4. The molecule has 0 aliphatic rings. The number of nitrogens with one attached hydrogen (secondary N) is 3. The molecule has 0 aliphatic carbocycles. The summed E-state index contributed by atoms with van der Waals surface area (Å²) in [6.07, 6.45) is -3.65. The number of carbonyl (C=O) groups excluding carboxylic acids is 6. The van der Waals surface area contributed by atoms with Crippen LogP contribution in [0.3, 0.4) is 0 Å². The molecular formula is C27H45N7O15. The predicted molar refractivity (Wildman–Crippen MR) is 160 cm³/mol. The van der Waals surface area contributed by atoms with E-state index < -0.39 is 91.9 Å². The Labute approximate surface area is 280 Å². The molecule has 0 aromatic rings. The molecule has 6 amide bonds. The van der Waals surface area contributed by atoms with Gasteiger partial charge in [0.1, 0.15) is 0 Å². The van der Waals surface area contributed by atoms with Gasteiger partial charge in [-0.1, -0.05) is 0 Å². The van der Waals surface area contributed by atoms with Gasteiger partial charge in [-0.3, -0.25) is 63.7 Å². The van der Waals surface area contributed by atoms with E-state index in [4.69, 9.17) is 15.3 Å². The van der Waals surface area contributed by atoms with Crippen molar-refractivity contribution in [2.75, 3.05) is 58.9 Å². The van der Waals surface area contributed by atoms with Crippen molar-refractivity contribution in [1.82, 2.24) is 36.0 Å². The fourth-order valence-corrected chi connectivity index (χ4v) is 3.69. The molecular weight excluding hydrogens is 662 g/mol. The molecule has 0 aliphatic heterocycles. The van der Waals surface area contributed by atoms with Gasteiger partial charge in [-0.2, -0.15) is 0 Å². The number of amides is 6. The van der Waals surface area contributed by atoms with Crippen LogP contribution < -0.4 is 16.0 Å². The van der Waals surface area contributed by atoms with Crippen LogP contribution in [0.1, 0.15) is 57.8 Å². The normalized spacial score (nSPS) is 10.5. The summed E-state index contributed by atoms with van der Waals surface area (Å²) in [5, 5.41) is 63.4. The van der Waals surface area contributed by atoms with E-state index in [0.717, 1.165) is 0 Å². The predicted octanol–water partition coefficient (Wildman–Crippen LogP) is -2.94. The lowest BCUT2D eigenvalue weighted by Gasteiger charge is -2.23. The van der Waals surface area contributed by atoms with Crippen molar-refractivity contribution in [2.24, 2.45) is 0 Å². The Balaban J connectivity index is 4.84. The largest absolute Gasteiger partial charge is 0.481 e. The van der Waals surface area contributed by atoms with E-state index in [1.165, 1.54) is 0 Å². The molecule has 0 atom stereocenters. The average molecular weight is 708 g/mol. The van der Waals surface area contributed by atoms with Gasteiger partial charge >= 0.3 is 17.9 Å². The number of aliphatic carboxylic acids is 3. The molecule has 0 saturated carbocycles. The third-order valence-corrected chi connectivity index (χ3v) is 6.42. The van der Waals surface area contributed by atoms with Crippen molar-refractivity contribution in [3.05, 3.63) is 0 Å². The number of hydroxylamine groups is 6. The highest BCUT2D eigenvalue weighted by Gasteiger charge is 2.17. The van der Waals surface area contributed by atoms with E-state index in [1.807, 2.05) is 0 Å². The Hall–Kier alpha value is -4.93. The zero-order valence-electron chi connectivity index (χ0n) is 26.9. The first-order valence-electron chi connectivity index (χ1n) is 15.2. The molecule has 0 heterocycles. The molecule has 9 N–H and O–H groups in total. The Bertz CT molecular complexity index is 1020. The number of carbonyl (C=O) groups is 9. The van der Waals surface area contributed by atoms with Crippen LogP contribution in [0, 0.1) is 0 Å². The lowest BCUT2D eigenvalue weighted by Crippen LogP contribution is -2.43. The molecule has 0 fully saturated rings. The summed E-state index contributed by atoms with van der Waals surface area (Å²) in [5.74, 6) is -7.87. The molecule has 22 nitrogen and oxygen atoms in total. The summed E-state index contributed by atoms with van der Waals surface area (Å²) in [4.78, 5) is 105. The standard InChI is InChI=1S/C27H45N7O15/c35-19(7-13-32(47)22(38)1-4-25(41)42)28-10-16-31(17-11-29-20(36)8-14-33(48)23(39)2-5-26(43)44)18-12-30-21(37)9-15-34(49)24(40)3-6-27(45)46/h47-49H,1-18H2,(H,28,35)(H,29,36)(H,30,37)(H,41,42)(H,43,44)(H,45,46). The maximum absolute atomic E-state index is 12.2. The van der Waals surface area contributed by atoms with Crippen LogP contribution in [0.4, 0.5) is 0 Å². The molecule has 49 heavy (non-hydrogen) atoms. The molecule has 0 bridgehead atoms. The summed E-state index contributed by atoms with van der Waals surface area (Å²) < 4.78 is 0. The van der Waals surface area contributed by atoms with E-state index in [9.17, 15) is 58.8 Å². The minimum atomic E-state index is -1.22. The van der Waals surface area contributed by atoms with Crippen LogP contribution in [-0.2, 0) is 43.2 Å². The van der Waals surface area contributed by atoms with Gasteiger partial charge in [0.25, 0.3) is 0 Å². The van der Waals surface area contributed by atoms with Gasteiger partial charge in [0, 0.05) is 77.8 Å². The minimum absolute atomic E-state index is 0.0645. The molecule has 0 aromatic heterocycles. The number of nitrogens with zero attached hydrogens (tertiary/aromatic N) is 4. The second-order valence-electron chi connectivity index (χ2n) is 10.4. The third kappa shape index (κ3) is 24.0. The van der Waals surface area contributed by atoms with E-state index in [1.54, 1.807) is 4.90 Å². The summed E-state index contributed by atoms with van der Waals surface area (Å²) >= 11 is 0. The number of hydrogen-bond acceptors (Lipinski definition) is 13. The SMILES string of the molecule is O=C(O)CCC(=O)N(O)CCC(=O)NCCN(CCNC(=O)CCN(O)C(=O)CCC(=O)O)CCNC(=O)CCN(O)C(=O)CCC(=O)O. The highest BCUT2D eigenvalue weighted by Crippen LogP contribution is 2.00. The molecule has 0 unspecified atom stereocenters. The Morgan fingerprint density at radius 3 is 0.837 bits per heavy atom. The van der Waals surface area contributed by atoms with Gasteiger partial charge in [0.05, 0.1) is 38.9 Å². The number of rotatable bonds is 27. The van der Waals surface area contributed by atoms with Crippen molar-refractivity contribution in [3.63, 3.8) is 0 Å². The van der Waals surface area contributed by atoms with Gasteiger partial charge in [0.15, 0.2) is 0 Å². The highest BCUT2D eigenvalue weighted by molar-refractivity contribution is 5.82. The van der Waals surface area contributed by atoms with Gasteiger partial charge < -0.3 is 31.3 Å². The summed E-state index contributed by atoms with van der Waals surface area (Å²) in [6, 6.07) is 0. The topological polar surface area (TPSA) is 324 Å². The Kier molecular flexibility index (Phi) is 22.6. The van der Waals surface area contributed by atoms with Crippen LogP contribution in [0.15, 0.2) is 0 Å². The van der Waals surface area contributed by atoms with E-state index >= 15 is 0 Å². The number of hydrogen-bond donors (Lipinski definition) is 9. The number of carboxylic acid groups (broad SMARTS) is 3. The van der Waals surface area contributed by atoms with Crippen molar-refractivity contribution in [2.45, 2.75) is 57.8 Å². The van der Waals surface area contributed by atoms with Crippen LogP contribution in [-0.4, -0.2) is 163 Å². The van der Waals surface area contributed by atoms with Crippen LogP contribution in [0.25, 0.3) is 0 Å². The van der Waals surface area contributed by atoms with Gasteiger partial charge in [-0.15, -0.1) is 0 Å². The average Bonchev–Trinajstić information content (AvgIpc) is 3.04. The zero-order chi connectivity index (χ0) is 37.4. The molecule has 22 heteroatoms. The lowest BCUT2D eigenvalue weighted by molar-refractivity contribution is -0.167. The van der Waals surface area contributed by atoms with E-state index in [2.05, 4.69) is 16.0 Å². The van der Waals surface area contributed by atoms with E-state index in [0.29, 0.717) is 0 Å². The van der Waals surface area contributed by atoms with E-state index in [-0.39, 0.29) is 93.4 Å². The summed E-state index contributed by atoms with van der Waals surface area (Å²) in [6.45, 7) is -0.343. The smallest absolute Gasteiger partial charge is 0.303 e. The summed E-state index contributed by atoms with van der Waals surface area (Å²) in [5.41, 5.74) is 0. The number of carboxylic acids is 3. The van der Waals surface area contributed by atoms with Crippen molar-refractivity contribution >= 4 is 53.4 Å². The third-order valence-electron chi connectivity index (χ3n) is 6.42. The molecule has 0 spiro atoms. The Morgan fingerprint density at radius 2 is 0.612 bits per heavy atom. The quantitative estimate of drug-likeness (QED) is 0.0304. The lowest BCUT2D eigenvalue weighted by atomic mass is 10.3. The van der Waals surface area contributed by atoms with Crippen LogP contribution in [0.5, 0.6) is 0 Å². The molecule has 0 aromatic carbocycles. The Morgan fingerprint density at radius 1 is 0.367 bits per heavy atom.